The lowest BCUT2D eigenvalue weighted by Gasteiger charge is -2.42. The summed E-state index contributed by atoms with van der Waals surface area (Å²) in [6.45, 7) is 2.28. The molecule has 1 aliphatic carbocycles. The van der Waals surface area contributed by atoms with Crippen molar-refractivity contribution in [3.05, 3.63) is 41.6 Å². The summed E-state index contributed by atoms with van der Waals surface area (Å²) in [7, 11) is 0. The number of hydrogen-bond donors (Lipinski definition) is 2. The molecule has 0 spiro atoms. The van der Waals surface area contributed by atoms with Gasteiger partial charge in [0.1, 0.15) is 0 Å². The topological polar surface area (TPSA) is 82.5 Å². The van der Waals surface area contributed by atoms with E-state index in [4.69, 9.17) is 5.11 Å². The number of rotatable bonds is 6. The van der Waals surface area contributed by atoms with Crippen molar-refractivity contribution < 1.29 is 27.9 Å². The fourth-order valence-corrected chi connectivity index (χ4v) is 3.56. The van der Waals surface area contributed by atoms with Gasteiger partial charge in [-0.05, 0) is 25.5 Å². The van der Waals surface area contributed by atoms with E-state index < -0.39 is 29.2 Å². The molecule has 9 heteroatoms. The highest BCUT2D eigenvalue weighted by Crippen LogP contribution is 2.37. The molecule has 0 bridgehead atoms. The number of alkyl halides is 3. The molecule has 1 fully saturated rings. The number of pyridine rings is 1. The van der Waals surface area contributed by atoms with Crippen molar-refractivity contribution >= 4 is 22.8 Å². The van der Waals surface area contributed by atoms with Gasteiger partial charge in [0.05, 0.1) is 23.2 Å². The summed E-state index contributed by atoms with van der Waals surface area (Å²) < 4.78 is 40.9. The van der Waals surface area contributed by atoms with Crippen LogP contribution in [0.15, 0.2) is 30.5 Å². The van der Waals surface area contributed by atoms with Gasteiger partial charge in [-0.15, -0.1) is 0 Å². The highest BCUT2D eigenvalue weighted by Gasteiger charge is 2.39. The van der Waals surface area contributed by atoms with Crippen LogP contribution in [0.4, 0.5) is 13.2 Å². The number of nitrogens with one attached hydrogen (secondary N) is 1. The molecule has 1 amide bonds. The zero-order chi connectivity index (χ0) is 20.5. The molecule has 0 saturated heterocycles. The second-order valence-electron chi connectivity index (χ2n) is 6.81. The highest BCUT2D eigenvalue weighted by atomic mass is 19.4. The largest absolute Gasteiger partial charge is 0.480 e. The first-order valence-electron chi connectivity index (χ1n) is 8.92. The Labute approximate surface area is 159 Å². The van der Waals surface area contributed by atoms with Crippen LogP contribution in [0.1, 0.15) is 35.7 Å². The van der Waals surface area contributed by atoms with Crippen molar-refractivity contribution in [2.24, 2.45) is 0 Å². The van der Waals surface area contributed by atoms with Gasteiger partial charge in [0.25, 0.3) is 5.91 Å². The van der Waals surface area contributed by atoms with Gasteiger partial charge in [-0.3, -0.25) is 19.5 Å². The lowest BCUT2D eigenvalue weighted by molar-refractivity contribution is -0.139. The minimum absolute atomic E-state index is 0.0109. The standard InChI is InChI=1S/C19H20F3N3O3/c1-2-25(10-16(26)27)12-7-11(8-12)24-18(28)14-9-23-15-6-4-3-5-13(15)17(14)19(20,21)22/h3-6,9,11-12H,2,7-8,10H2,1H3,(H,24,28)(H,26,27). The van der Waals surface area contributed by atoms with E-state index in [0.717, 1.165) is 6.20 Å². The molecule has 1 heterocycles. The Bertz CT molecular complexity index is 895. The van der Waals surface area contributed by atoms with Crippen molar-refractivity contribution in [1.82, 2.24) is 15.2 Å². The number of para-hydroxylation sites is 1. The number of nitrogens with zero attached hydrogens (tertiary/aromatic N) is 2. The SMILES string of the molecule is CCN(CC(=O)O)C1CC(NC(=O)c2cnc3ccccc3c2C(F)(F)F)C1. The smallest absolute Gasteiger partial charge is 0.417 e. The maximum atomic E-state index is 13.6. The van der Waals surface area contributed by atoms with Gasteiger partial charge in [0.2, 0.25) is 0 Å². The molecule has 1 saturated carbocycles. The zero-order valence-electron chi connectivity index (χ0n) is 15.2. The van der Waals surface area contributed by atoms with Gasteiger partial charge >= 0.3 is 12.1 Å². The first-order valence-corrected chi connectivity index (χ1v) is 8.92. The van der Waals surface area contributed by atoms with Gasteiger partial charge in [0, 0.05) is 23.7 Å². The van der Waals surface area contributed by atoms with E-state index in [9.17, 15) is 22.8 Å². The van der Waals surface area contributed by atoms with E-state index in [1.54, 1.807) is 11.0 Å². The summed E-state index contributed by atoms with van der Waals surface area (Å²) in [6, 6.07) is 5.51. The van der Waals surface area contributed by atoms with Crippen LogP contribution in [-0.2, 0) is 11.0 Å². The monoisotopic (exact) mass is 395 g/mol. The molecule has 0 unspecified atom stereocenters. The van der Waals surface area contributed by atoms with Crippen molar-refractivity contribution in [1.29, 1.82) is 0 Å². The third-order valence-electron chi connectivity index (χ3n) is 5.01. The average molecular weight is 395 g/mol. The Morgan fingerprint density at radius 2 is 1.96 bits per heavy atom. The van der Waals surface area contributed by atoms with Crippen LogP contribution in [0.2, 0.25) is 0 Å². The molecule has 1 aromatic carbocycles. The number of likely N-dealkylation sites (N-methyl/N-ethyl adjacent to an activating group) is 1. The number of aromatic nitrogens is 1. The molecule has 2 aromatic rings. The van der Waals surface area contributed by atoms with E-state index >= 15 is 0 Å². The van der Waals surface area contributed by atoms with E-state index in [2.05, 4.69) is 10.3 Å². The molecular formula is C19H20F3N3O3. The maximum Gasteiger partial charge on any atom is 0.417 e. The summed E-state index contributed by atoms with van der Waals surface area (Å²) >= 11 is 0. The number of carbonyl (C=O) groups is 2. The number of aliphatic carboxylic acids is 1. The Morgan fingerprint density at radius 3 is 2.57 bits per heavy atom. The summed E-state index contributed by atoms with van der Waals surface area (Å²) in [5, 5.41) is 11.4. The summed E-state index contributed by atoms with van der Waals surface area (Å²) in [4.78, 5) is 29.1. The van der Waals surface area contributed by atoms with E-state index in [0.29, 0.717) is 19.4 Å². The average Bonchev–Trinajstić information content (AvgIpc) is 2.60. The molecule has 28 heavy (non-hydrogen) atoms. The van der Waals surface area contributed by atoms with Gasteiger partial charge in [-0.2, -0.15) is 13.2 Å². The molecule has 0 aliphatic heterocycles. The third kappa shape index (κ3) is 4.09. The van der Waals surface area contributed by atoms with Crippen molar-refractivity contribution in [2.75, 3.05) is 13.1 Å². The summed E-state index contributed by atoms with van der Waals surface area (Å²) in [5.41, 5.74) is -1.33. The number of carbonyl (C=O) groups excluding carboxylic acids is 1. The number of carboxylic acids is 1. The van der Waals surface area contributed by atoms with Crippen LogP contribution in [0.5, 0.6) is 0 Å². The van der Waals surface area contributed by atoms with Crippen LogP contribution < -0.4 is 5.32 Å². The first kappa shape index (κ1) is 20.1. The number of carboxylic acid groups (broad SMARTS) is 1. The Morgan fingerprint density at radius 1 is 1.29 bits per heavy atom. The second kappa shape index (κ2) is 7.75. The summed E-state index contributed by atoms with van der Waals surface area (Å²) in [5.74, 6) is -1.76. The molecule has 1 aromatic heterocycles. The number of benzene rings is 1. The molecule has 0 atom stereocenters. The molecule has 6 nitrogen and oxygen atoms in total. The maximum absolute atomic E-state index is 13.6. The third-order valence-corrected chi connectivity index (χ3v) is 5.01. The predicted molar refractivity (Wildman–Crippen MR) is 95.9 cm³/mol. The lowest BCUT2D eigenvalue weighted by Crippen LogP contribution is -2.54. The van der Waals surface area contributed by atoms with Crippen molar-refractivity contribution in [3.63, 3.8) is 0 Å². The van der Waals surface area contributed by atoms with E-state index in [-0.39, 0.29) is 29.5 Å². The Kier molecular flexibility index (Phi) is 5.55. The molecule has 150 valence electrons. The zero-order valence-corrected chi connectivity index (χ0v) is 15.2. The molecule has 0 radical (unpaired) electrons. The lowest BCUT2D eigenvalue weighted by atomic mass is 9.85. The molecular weight excluding hydrogens is 375 g/mol. The van der Waals surface area contributed by atoms with Gasteiger partial charge < -0.3 is 10.4 Å². The van der Waals surface area contributed by atoms with Gasteiger partial charge in [-0.1, -0.05) is 25.1 Å². The fourth-order valence-electron chi connectivity index (χ4n) is 3.56. The Hall–Kier alpha value is -2.68. The normalized spacial score (nSPS) is 19.5. The minimum Gasteiger partial charge on any atom is -0.480 e. The predicted octanol–water partition coefficient (Wildman–Crippen LogP) is 2.92. The Balaban J connectivity index is 1.76. The molecule has 2 N–H and O–H groups in total. The van der Waals surface area contributed by atoms with Crippen LogP contribution in [0.3, 0.4) is 0 Å². The van der Waals surface area contributed by atoms with Crippen molar-refractivity contribution in [3.8, 4) is 0 Å². The molecule has 3 rings (SSSR count). The fraction of sp³-hybridized carbons (Fsp3) is 0.421. The van der Waals surface area contributed by atoms with E-state index in [1.807, 2.05) is 6.92 Å². The van der Waals surface area contributed by atoms with Crippen LogP contribution >= 0.6 is 0 Å². The van der Waals surface area contributed by atoms with Gasteiger partial charge in [-0.25, -0.2) is 0 Å². The first-order chi connectivity index (χ1) is 13.2. The van der Waals surface area contributed by atoms with Crippen molar-refractivity contribution in [2.45, 2.75) is 38.0 Å². The number of fused-ring (bicyclic) bond motifs is 1. The van der Waals surface area contributed by atoms with Crippen LogP contribution in [0, 0.1) is 0 Å². The van der Waals surface area contributed by atoms with Crippen LogP contribution in [0.25, 0.3) is 10.9 Å². The van der Waals surface area contributed by atoms with Gasteiger partial charge in [0.15, 0.2) is 0 Å². The number of halogens is 3. The number of amides is 1. The summed E-state index contributed by atoms with van der Waals surface area (Å²) in [6.07, 6.45) is -2.75. The van der Waals surface area contributed by atoms with E-state index in [1.165, 1.54) is 18.2 Å². The highest BCUT2D eigenvalue weighted by molar-refractivity contribution is 6.00. The number of hydrogen-bond acceptors (Lipinski definition) is 4. The molecule has 1 aliphatic rings. The second-order valence-corrected chi connectivity index (χ2v) is 6.81. The van der Waals surface area contributed by atoms with Crippen LogP contribution in [-0.4, -0.2) is 52.0 Å². The minimum atomic E-state index is -4.70. The quantitative estimate of drug-likeness (QED) is 0.786.